The molecule has 0 aliphatic rings. The molecule has 1 aromatic carbocycles. The number of benzene rings is 1. The lowest BCUT2D eigenvalue weighted by Gasteiger charge is -2.03. The highest BCUT2D eigenvalue weighted by molar-refractivity contribution is 6.43. The van der Waals surface area contributed by atoms with Gasteiger partial charge in [0.1, 0.15) is 0 Å². The molecule has 0 fully saturated rings. The Morgan fingerprint density at radius 1 is 1.39 bits per heavy atom. The molecule has 5 nitrogen and oxygen atoms in total. The first-order valence-corrected chi connectivity index (χ1v) is 5.96. The lowest BCUT2D eigenvalue weighted by atomic mass is 10.3. The maximum absolute atomic E-state index is 11.6. The van der Waals surface area contributed by atoms with Crippen LogP contribution in [-0.2, 0) is 0 Å². The molecule has 0 atom stereocenters. The van der Waals surface area contributed by atoms with Crippen molar-refractivity contribution in [1.82, 2.24) is 9.78 Å². The Kier molecular flexibility index (Phi) is 3.63. The van der Waals surface area contributed by atoms with Crippen LogP contribution in [0.15, 0.2) is 27.4 Å². The molecule has 0 saturated carbocycles. The SMILES string of the molecule is CC(C)Oc1nn(-c2cccc(Cl)c2Cl)c(=O)o1. The fourth-order valence-corrected chi connectivity index (χ4v) is 1.69. The smallest absolute Gasteiger partial charge is 0.444 e. The van der Waals surface area contributed by atoms with E-state index in [9.17, 15) is 4.79 Å². The first kappa shape index (κ1) is 13.0. The molecule has 96 valence electrons. The number of hydrogen-bond acceptors (Lipinski definition) is 4. The first-order valence-electron chi connectivity index (χ1n) is 5.20. The number of aromatic nitrogens is 2. The average molecular weight is 289 g/mol. The number of hydrogen-bond donors (Lipinski definition) is 0. The van der Waals surface area contributed by atoms with Crippen LogP contribution in [0.1, 0.15) is 13.8 Å². The number of nitrogens with zero attached hydrogens (tertiary/aromatic N) is 2. The van der Waals surface area contributed by atoms with Gasteiger partial charge in [0, 0.05) is 0 Å². The molecular weight excluding hydrogens is 279 g/mol. The molecule has 0 N–H and O–H groups in total. The van der Waals surface area contributed by atoms with E-state index in [-0.39, 0.29) is 17.2 Å². The zero-order valence-electron chi connectivity index (χ0n) is 9.68. The molecule has 0 spiro atoms. The zero-order chi connectivity index (χ0) is 13.3. The second kappa shape index (κ2) is 5.04. The summed E-state index contributed by atoms with van der Waals surface area (Å²) in [5.74, 6) is -0.685. The Bertz CT molecular complexity index is 619. The van der Waals surface area contributed by atoms with Crippen LogP contribution in [0.4, 0.5) is 0 Å². The van der Waals surface area contributed by atoms with Crippen LogP contribution in [0.3, 0.4) is 0 Å². The summed E-state index contributed by atoms with van der Waals surface area (Å²) >= 11 is 11.9. The van der Waals surface area contributed by atoms with Gasteiger partial charge in [-0.25, -0.2) is 4.79 Å². The zero-order valence-corrected chi connectivity index (χ0v) is 11.2. The Balaban J connectivity index is 2.48. The molecule has 0 saturated heterocycles. The minimum Gasteiger partial charge on any atom is -0.446 e. The van der Waals surface area contributed by atoms with Crippen molar-refractivity contribution in [2.45, 2.75) is 20.0 Å². The second-order valence-corrected chi connectivity index (χ2v) is 4.57. The topological polar surface area (TPSA) is 57.3 Å². The second-order valence-electron chi connectivity index (χ2n) is 3.79. The van der Waals surface area contributed by atoms with Crippen LogP contribution >= 0.6 is 23.2 Å². The van der Waals surface area contributed by atoms with Gasteiger partial charge in [-0.2, -0.15) is 4.68 Å². The Labute approximate surface area is 113 Å². The molecule has 18 heavy (non-hydrogen) atoms. The van der Waals surface area contributed by atoms with Crippen LogP contribution in [0.25, 0.3) is 5.69 Å². The van der Waals surface area contributed by atoms with Gasteiger partial charge >= 0.3 is 11.8 Å². The Morgan fingerprint density at radius 3 is 2.78 bits per heavy atom. The van der Waals surface area contributed by atoms with Gasteiger partial charge in [-0.15, -0.1) is 0 Å². The highest BCUT2D eigenvalue weighted by Gasteiger charge is 2.15. The van der Waals surface area contributed by atoms with Crippen molar-refractivity contribution in [2.24, 2.45) is 0 Å². The molecule has 0 unspecified atom stereocenters. The van der Waals surface area contributed by atoms with Crippen LogP contribution < -0.4 is 10.5 Å². The van der Waals surface area contributed by atoms with E-state index in [1.54, 1.807) is 32.0 Å². The molecule has 1 aromatic heterocycles. The normalized spacial score (nSPS) is 10.9. The van der Waals surface area contributed by atoms with Gasteiger partial charge in [-0.05, 0) is 26.0 Å². The highest BCUT2D eigenvalue weighted by Crippen LogP contribution is 2.27. The van der Waals surface area contributed by atoms with Crippen LogP contribution in [-0.4, -0.2) is 15.9 Å². The number of halogens is 2. The van der Waals surface area contributed by atoms with E-state index >= 15 is 0 Å². The summed E-state index contributed by atoms with van der Waals surface area (Å²) in [6.45, 7) is 3.59. The van der Waals surface area contributed by atoms with E-state index in [2.05, 4.69) is 5.10 Å². The maximum atomic E-state index is 11.6. The van der Waals surface area contributed by atoms with E-state index in [4.69, 9.17) is 32.4 Å². The van der Waals surface area contributed by atoms with Crippen LogP contribution in [0.2, 0.25) is 10.0 Å². The molecule has 0 aliphatic carbocycles. The Morgan fingerprint density at radius 2 is 2.11 bits per heavy atom. The molecule has 0 bridgehead atoms. The molecule has 0 amide bonds. The fraction of sp³-hybridized carbons (Fsp3) is 0.273. The molecular formula is C11H10Cl2N2O3. The predicted octanol–water partition coefficient (Wildman–Crippen LogP) is 2.92. The minimum absolute atomic E-state index is 0.106. The van der Waals surface area contributed by atoms with Crippen molar-refractivity contribution >= 4 is 23.2 Å². The lowest BCUT2D eigenvalue weighted by Crippen LogP contribution is -2.13. The Hall–Kier alpha value is -1.46. The van der Waals surface area contributed by atoms with Gasteiger partial charge in [0.05, 0.1) is 21.8 Å². The maximum Gasteiger partial charge on any atom is 0.444 e. The van der Waals surface area contributed by atoms with E-state index < -0.39 is 5.76 Å². The summed E-state index contributed by atoms with van der Waals surface area (Å²) in [4.78, 5) is 11.6. The molecule has 2 rings (SSSR count). The van der Waals surface area contributed by atoms with Crippen molar-refractivity contribution in [3.8, 4) is 11.8 Å². The minimum atomic E-state index is -0.685. The average Bonchev–Trinajstić information content (AvgIpc) is 2.62. The van der Waals surface area contributed by atoms with Crippen molar-refractivity contribution in [1.29, 1.82) is 0 Å². The highest BCUT2D eigenvalue weighted by atomic mass is 35.5. The van der Waals surface area contributed by atoms with Gasteiger partial charge in [-0.3, -0.25) is 0 Å². The van der Waals surface area contributed by atoms with Crippen molar-refractivity contribution < 1.29 is 9.15 Å². The standard InChI is InChI=1S/C11H10Cl2N2O3/c1-6(2)17-10-14-15(11(16)18-10)8-5-3-4-7(12)9(8)13/h3-6H,1-2H3. The monoisotopic (exact) mass is 288 g/mol. The number of ether oxygens (including phenoxy) is 1. The van der Waals surface area contributed by atoms with Gasteiger partial charge in [-0.1, -0.05) is 34.4 Å². The third kappa shape index (κ3) is 2.52. The molecule has 1 heterocycles. The van der Waals surface area contributed by atoms with Crippen LogP contribution in [0, 0.1) is 0 Å². The van der Waals surface area contributed by atoms with Crippen molar-refractivity contribution in [3.05, 3.63) is 38.8 Å². The largest absolute Gasteiger partial charge is 0.446 e. The summed E-state index contributed by atoms with van der Waals surface area (Å²) in [7, 11) is 0. The van der Waals surface area contributed by atoms with Crippen molar-refractivity contribution in [2.75, 3.05) is 0 Å². The van der Waals surface area contributed by atoms with Gasteiger partial charge in [0.15, 0.2) is 0 Å². The van der Waals surface area contributed by atoms with E-state index in [1.165, 1.54) is 0 Å². The van der Waals surface area contributed by atoms with E-state index in [1.807, 2.05) is 0 Å². The molecule has 7 heteroatoms. The molecule has 0 radical (unpaired) electrons. The summed E-state index contributed by atoms with van der Waals surface area (Å²) in [6.07, 6.45) is -0.252. The molecule has 0 aliphatic heterocycles. The summed E-state index contributed by atoms with van der Waals surface area (Å²) in [6, 6.07) is 4.88. The quantitative estimate of drug-likeness (QED) is 0.871. The van der Waals surface area contributed by atoms with Gasteiger partial charge in [0.2, 0.25) is 0 Å². The van der Waals surface area contributed by atoms with E-state index in [0.717, 1.165) is 4.68 Å². The summed E-state index contributed by atoms with van der Waals surface area (Å²) in [5.41, 5.74) is 0.344. The first-order chi connectivity index (χ1) is 8.49. The fourth-order valence-electron chi connectivity index (χ4n) is 1.32. The van der Waals surface area contributed by atoms with Gasteiger partial charge in [0.25, 0.3) is 0 Å². The predicted molar refractivity (Wildman–Crippen MR) is 67.9 cm³/mol. The third-order valence-electron chi connectivity index (χ3n) is 2.03. The summed E-state index contributed by atoms with van der Waals surface area (Å²) in [5, 5.41) is 4.45. The third-order valence-corrected chi connectivity index (χ3v) is 2.83. The van der Waals surface area contributed by atoms with Crippen LogP contribution in [0.5, 0.6) is 6.08 Å². The molecule has 2 aromatic rings. The van der Waals surface area contributed by atoms with E-state index in [0.29, 0.717) is 10.7 Å². The van der Waals surface area contributed by atoms with Crippen molar-refractivity contribution in [3.63, 3.8) is 0 Å². The summed E-state index contributed by atoms with van der Waals surface area (Å²) < 4.78 is 11.0. The lowest BCUT2D eigenvalue weighted by molar-refractivity contribution is 0.172. The number of rotatable bonds is 3. The van der Waals surface area contributed by atoms with Gasteiger partial charge < -0.3 is 9.15 Å².